The summed E-state index contributed by atoms with van der Waals surface area (Å²) in [6.07, 6.45) is 0. The number of hydrogen-bond acceptors (Lipinski definition) is 4. The molecule has 7 heteroatoms. The largest absolute Gasteiger partial charge is 0.399 e. The number of benzene rings is 2. The number of amides is 2. The molecule has 0 atom stereocenters. The zero-order valence-corrected chi connectivity index (χ0v) is 14.7. The first-order valence-corrected chi connectivity index (χ1v) is 8.31. The molecule has 2 aromatic rings. The van der Waals surface area contributed by atoms with Gasteiger partial charge in [-0.1, -0.05) is 6.07 Å². The Bertz CT molecular complexity index is 880. The average Bonchev–Trinajstić information content (AvgIpc) is 2.96. The number of likely N-dealkylation sites (N-methyl/N-ethyl adjacent to an activating group) is 1. The molecule has 26 heavy (non-hydrogen) atoms. The summed E-state index contributed by atoms with van der Waals surface area (Å²) in [4.78, 5) is 26.7. The van der Waals surface area contributed by atoms with Crippen molar-refractivity contribution >= 4 is 17.5 Å². The minimum atomic E-state index is -0.463. The van der Waals surface area contributed by atoms with Gasteiger partial charge in [0, 0.05) is 30.9 Å². The maximum atomic E-state index is 14.3. The summed E-state index contributed by atoms with van der Waals surface area (Å²) in [6, 6.07) is 7.68. The molecule has 0 spiro atoms. The fourth-order valence-corrected chi connectivity index (χ4v) is 3.03. The lowest BCUT2D eigenvalue weighted by atomic mass is 9.92. The van der Waals surface area contributed by atoms with Gasteiger partial charge in [0.05, 0.1) is 11.1 Å². The number of nitrogens with zero attached hydrogens (tertiary/aromatic N) is 1. The van der Waals surface area contributed by atoms with Gasteiger partial charge < -0.3 is 21.3 Å². The monoisotopic (exact) mass is 356 g/mol. The van der Waals surface area contributed by atoms with Gasteiger partial charge in [0.25, 0.3) is 11.8 Å². The van der Waals surface area contributed by atoms with E-state index in [0.29, 0.717) is 46.6 Å². The van der Waals surface area contributed by atoms with Crippen LogP contribution in [0.1, 0.15) is 26.3 Å². The number of carbonyl (C=O) groups is 2. The molecule has 2 aromatic carbocycles. The molecule has 3 rings (SSSR count). The third-order valence-electron chi connectivity index (χ3n) is 4.34. The van der Waals surface area contributed by atoms with Crippen molar-refractivity contribution in [1.82, 2.24) is 15.5 Å². The molecule has 136 valence electrons. The highest BCUT2D eigenvalue weighted by Gasteiger charge is 2.29. The Balaban J connectivity index is 1.99. The van der Waals surface area contributed by atoms with Gasteiger partial charge in [0.2, 0.25) is 0 Å². The average molecular weight is 356 g/mol. The van der Waals surface area contributed by atoms with Crippen LogP contribution in [0, 0.1) is 5.82 Å². The summed E-state index contributed by atoms with van der Waals surface area (Å²) < 4.78 is 14.3. The van der Waals surface area contributed by atoms with Crippen molar-refractivity contribution < 1.29 is 14.0 Å². The van der Waals surface area contributed by atoms with Gasteiger partial charge in [-0.15, -0.1) is 0 Å². The normalized spacial score (nSPS) is 12.8. The number of fused-ring (bicyclic) bond motifs is 1. The maximum absolute atomic E-state index is 14.3. The fourth-order valence-electron chi connectivity index (χ4n) is 3.03. The Hall–Kier alpha value is -2.93. The van der Waals surface area contributed by atoms with E-state index < -0.39 is 5.82 Å². The lowest BCUT2D eigenvalue weighted by Crippen LogP contribution is -2.32. The molecule has 0 unspecified atom stereocenters. The van der Waals surface area contributed by atoms with Gasteiger partial charge in [-0.3, -0.25) is 9.59 Å². The summed E-state index contributed by atoms with van der Waals surface area (Å²) in [7, 11) is 3.82. The zero-order chi connectivity index (χ0) is 18.8. The highest BCUT2D eigenvalue weighted by atomic mass is 19.1. The van der Waals surface area contributed by atoms with Crippen LogP contribution in [0.2, 0.25) is 0 Å². The summed E-state index contributed by atoms with van der Waals surface area (Å²) in [5.41, 5.74) is 8.10. The molecule has 0 aromatic heterocycles. The van der Waals surface area contributed by atoms with E-state index in [1.807, 2.05) is 19.0 Å². The van der Waals surface area contributed by atoms with Gasteiger partial charge in [-0.2, -0.15) is 0 Å². The molecule has 0 radical (unpaired) electrons. The fraction of sp³-hybridized carbons (Fsp3) is 0.263. The van der Waals surface area contributed by atoms with E-state index in [1.54, 1.807) is 24.3 Å². The van der Waals surface area contributed by atoms with Crippen LogP contribution < -0.4 is 16.4 Å². The minimum absolute atomic E-state index is 0.256. The Morgan fingerprint density at radius 2 is 2.00 bits per heavy atom. The first-order chi connectivity index (χ1) is 12.4. The number of hydrogen-bond donors (Lipinski definition) is 3. The number of nitrogens with one attached hydrogen (secondary N) is 2. The molecule has 4 N–H and O–H groups in total. The highest BCUT2D eigenvalue weighted by molar-refractivity contribution is 6.11. The van der Waals surface area contributed by atoms with Crippen molar-refractivity contribution in [2.24, 2.45) is 0 Å². The maximum Gasteiger partial charge on any atom is 0.252 e. The Morgan fingerprint density at radius 1 is 1.27 bits per heavy atom. The van der Waals surface area contributed by atoms with Gasteiger partial charge in [-0.05, 0) is 49.5 Å². The molecule has 1 aliphatic heterocycles. The molecule has 2 amide bonds. The van der Waals surface area contributed by atoms with E-state index in [0.717, 1.165) is 0 Å². The second kappa shape index (κ2) is 7.13. The van der Waals surface area contributed by atoms with Crippen LogP contribution in [-0.4, -0.2) is 43.9 Å². The van der Waals surface area contributed by atoms with E-state index in [1.165, 1.54) is 6.07 Å². The molecule has 1 aliphatic rings. The molecule has 0 aliphatic carbocycles. The first-order valence-electron chi connectivity index (χ1n) is 8.31. The van der Waals surface area contributed by atoms with E-state index in [9.17, 15) is 14.0 Å². The molecule has 0 saturated carbocycles. The first kappa shape index (κ1) is 17.9. The van der Waals surface area contributed by atoms with Crippen molar-refractivity contribution in [3.05, 3.63) is 52.8 Å². The summed E-state index contributed by atoms with van der Waals surface area (Å²) in [6.45, 7) is 1.41. The molecule has 6 nitrogen and oxygen atoms in total. The third-order valence-corrected chi connectivity index (χ3v) is 4.34. The molecular weight excluding hydrogens is 335 g/mol. The molecule has 0 fully saturated rings. The third kappa shape index (κ3) is 3.39. The Labute approximate surface area is 151 Å². The molecule has 0 saturated heterocycles. The van der Waals surface area contributed by atoms with Crippen LogP contribution in [0.4, 0.5) is 10.1 Å². The quantitative estimate of drug-likeness (QED) is 0.711. The summed E-state index contributed by atoms with van der Waals surface area (Å²) in [5, 5.41) is 5.53. The van der Waals surface area contributed by atoms with Crippen molar-refractivity contribution in [1.29, 1.82) is 0 Å². The number of carbonyl (C=O) groups excluding carboxylic acids is 2. The molecular formula is C19H21FN4O2. The van der Waals surface area contributed by atoms with Gasteiger partial charge >= 0.3 is 0 Å². The Morgan fingerprint density at radius 3 is 2.69 bits per heavy atom. The second-order valence-electron chi connectivity index (χ2n) is 6.50. The van der Waals surface area contributed by atoms with Crippen molar-refractivity contribution in [2.45, 2.75) is 6.54 Å². The predicted molar refractivity (Wildman–Crippen MR) is 98.3 cm³/mol. The van der Waals surface area contributed by atoms with Gasteiger partial charge in [0.1, 0.15) is 5.82 Å². The van der Waals surface area contributed by atoms with Crippen LogP contribution in [0.25, 0.3) is 11.1 Å². The topological polar surface area (TPSA) is 87.5 Å². The number of nitrogen functional groups attached to an aromatic ring is 1. The van der Waals surface area contributed by atoms with Gasteiger partial charge in [-0.25, -0.2) is 4.39 Å². The van der Waals surface area contributed by atoms with Crippen LogP contribution in [0.15, 0.2) is 30.3 Å². The summed E-state index contributed by atoms with van der Waals surface area (Å²) >= 11 is 0. The lowest BCUT2D eigenvalue weighted by molar-refractivity contribution is 0.0925. The SMILES string of the molecule is CN(C)CCNC(=O)c1ccc(-c2ccc(N)cc2F)c2c1C(=O)NC2. The van der Waals surface area contributed by atoms with Crippen LogP contribution >= 0.6 is 0 Å². The number of anilines is 1. The van der Waals surface area contributed by atoms with Crippen molar-refractivity contribution in [3.63, 3.8) is 0 Å². The highest BCUT2D eigenvalue weighted by Crippen LogP contribution is 2.33. The van der Waals surface area contributed by atoms with E-state index in [2.05, 4.69) is 10.6 Å². The van der Waals surface area contributed by atoms with Crippen molar-refractivity contribution in [3.8, 4) is 11.1 Å². The van der Waals surface area contributed by atoms with Crippen LogP contribution in [-0.2, 0) is 6.54 Å². The second-order valence-corrected chi connectivity index (χ2v) is 6.50. The Kier molecular flexibility index (Phi) is 4.90. The minimum Gasteiger partial charge on any atom is -0.399 e. The van der Waals surface area contributed by atoms with Crippen LogP contribution in [0.3, 0.4) is 0 Å². The smallest absolute Gasteiger partial charge is 0.252 e. The predicted octanol–water partition coefficient (Wildman–Crippen LogP) is 1.61. The number of halogens is 1. The van der Waals surface area contributed by atoms with E-state index >= 15 is 0 Å². The number of rotatable bonds is 5. The number of nitrogens with two attached hydrogens (primary N) is 1. The lowest BCUT2D eigenvalue weighted by Gasteiger charge is -2.14. The van der Waals surface area contributed by atoms with Crippen molar-refractivity contribution in [2.75, 3.05) is 32.9 Å². The van der Waals surface area contributed by atoms with E-state index in [4.69, 9.17) is 5.73 Å². The van der Waals surface area contributed by atoms with E-state index in [-0.39, 0.29) is 18.4 Å². The standard InChI is InChI=1S/C19H21FN4O2/c1-24(2)8-7-22-18(25)14-6-5-12(15-10-23-19(26)17(14)15)13-4-3-11(21)9-16(13)20/h3-6,9H,7-8,10,21H2,1-2H3,(H,22,25)(H,23,26). The zero-order valence-electron chi connectivity index (χ0n) is 14.7. The summed E-state index contributed by atoms with van der Waals surface area (Å²) in [5.74, 6) is -1.10. The van der Waals surface area contributed by atoms with Gasteiger partial charge in [0.15, 0.2) is 0 Å². The molecule has 0 bridgehead atoms. The molecule has 1 heterocycles. The van der Waals surface area contributed by atoms with Crippen LogP contribution in [0.5, 0.6) is 0 Å².